The first-order valence-electron chi connectivity index (χ1n) is 19.4. The summed E-state index contributed by atoms with van der Waals surface area (Å²) in [6, 6.07) is 7.58. The topological polar surface area (TPSA) is 218 Å². The molecule has 58 heavy (non-hydrogen) atoms. The van der Waals surface area contributed by atoms with E-state index in [1.807, 2.05) is 13.8 Å². The van der Waals surface area contributed by atoms with Gasteiger partial charge in [-0.25, -0.2) is 18.4 Å². The first-order valence-corrected chi connectivity index (χ1v) is 20.9. The number of sulfone groups is 1. The first kappa shape index (κ1) is 40.7. The molecule has 3 aliphatic rings. The minimum Gasteiger partial charge on any atom is -0.492 e. The van der Waals surface area contributed by atoms with Crippen molar-refractivity contribution in [3.8, 4) is 5.75 Å². The van der Waals surface area contributed by atoms with Gasteiger partial charge in [0, 0.05) is 59.0 Å². The molecule has 0 aliphatic carbocycles. The highest BCUT2D eigenvalue weighted by Crippen LogP contribution is 2.38. The molecule has 18 heteroatoms. The zero-order valence-electron chi connectivity index (χ0n) is 33.3. The summed E-state index contributed by atoms with van der Waals surface area (Å²) >= 11 is 0. The number of amides is 4. The lowest BCUT2D eigenvalue weighted by Crippen LogP contribution is -2.52. The number of carbonyl (C=O) groups excluding carboxylic acids is 4. The summed E-state index contributed by atoms with van der Waals surface area (Å²) in [5, 5.41) is 16.2. The molecule has 5 heterocycles. The maximum Gasteiger partial charge on any atom is 0.255 e. The molecule has 0 spiro atoms. The summed E-state index contributed by atoms with van der Waals surface area (Å²) in [7, 11) is -3.82. The van der Waals surface area contributed by atoms with Crippen LogP contribution in [0.25, 0.3) is 10.9 Å². The van der Waals surface area contributed by atoms with Gasteiger partial charge in [-0.05, 0) is 91.1 Å². The number of piperidine rings is 2. The Morgan fingerprint density at radius 2 is 1.81 bits per heavy atom. The Morgan fingerprint density at radius 1 is 1.03 bits per heavy atom. The third kappa shape index (κ3) is 8.40. The number of rotatable bonds is 13. The Labute approximate surface area is 336 Å². The van der Waals surface area contributed by atoms with E-state index in [0.29, 0.717) is 59.1 Å². The fourth-order valence-electron chi connectivity index (χ4n) is 7.37. The van der Waals surface area contributed by atoms with Crippen molar-refractivity contribution in [2.24, 2.45) is 5.92 Å². The van der Waals surface area contributed by atoms with Crippen LogP contribution in [0.1, 0.15) is 73.6 Å². The molecular weight excluding hydrogens is 767 g/mol. The van der Waals surface area contributed by atoms with E-state index in [1.54, 1.807) is 51.1 Å². The molecular formula is C40H49N9O8S. The number of imide groups is 1. The number of hydrogen-bond donors (Lipinski definition) is 4. The van der Waals surface area contributed by atoms with Gasteiger partial charge in [0.25, 0.3) is 5.91 Å². The average molecular weight is 816 g/mol. The summed E-state index contributed by atoms with van der Waals surface area (Å²) in [4.78, 5) is 62.6. The van der Waals surface area contributed by atoms with E-state index in [1.165, 1.54) is 11.2 Å². The summed E-state index contributed by atoms with van der Waals surface area (Å²) in [6.07, 6.45) is 3.51. The smallest absolute Gasteiger partial charge is 0.255 e. The van der Waals surface area contributed by atoms with Crippen LogP contribution in [0.5, 0.6) is 5.75 Å². The van der Waals surface area contributed by atoms with Gasteiger partial charge in [0.15, 0.2) is 15.7 Å². The fraction of sp³-hybridized carbons (Fsp3) is 0.475. The number of anilines is 3. The second-order valence-corrected chi connectivity index (χ2v) is 18.7. The molecule has 0 bridgehead atoms. The summed E-state index contributed by atoms with van der Waals surface area (Å²) in [5.41, 5.74) is 3.88. The third-order valence-electron chi connectivity index (χ3n) is 11.1. The van der Waals surface area contributed by atoms with E-state index < -0.39 is 26.5 Å². The van der Waals surface area contributed by atoms with Crippen LogP contribution in [-0.2, 0) is 35.5 Å². The van der Waals surface area contributed by atoms with Gasteiger partial charge in [-0.1, -0.05) is 6.07 Å². The normalized spacial score (nSPS) is 18.1. The van der Waals surface area contributed by atoms with Crippen molar-refractivity contribution in [2.75, 3.05) is 50.1 Å². The van der Waals surface area contributed by atoms with Gasteiger partial charge in [0.1, 0.15) is 35.4 Å². The lowest BCUT2D eigenvalue weighted by Gasteiger charge is -2.32. The lowest BCUT2D eigenvalue weighted by molar-refractivity contribution is -0.137. The molecule has 308 valence electrons. The Kier molecular flexibility index (Phi) is 11.5. The number of carbonyl (C=O) groups is 4. The molecule has 2 aromatic heterocycles. The number of aryl methyl sites for hydroxylation is 1. The van der Waals surface area contributed by atoms with E-state index in [4.69, 9.17) is 9.47 Å². The number of aromatic nitrogens is 4. The Bertz CT molecular complexity index is 2370. The Balaban J connectivity index is 0.900. The summed E-state index contributed by atoms with van der Waals surface area (Å²) in [5.74, 6) is -0.0375. The van der Waals surface area contributed by atoms with Crippen LogP contribution in [0.3, 0.4) is 0 Å². The predicted molar refractivity (Wildman–Crippen MR) is 214 cm³/mol. The number of nitrogens with one attached hydrogen (secondary N) is 4. The monoisotopic (exact) mass is 815 g/mol. The number of likely N-dealkylation sites (tertiary alicyclic amines) is 1. The molecule has 4 amide bonds. The molecule has 17 nitrogen and oxygen atoms in total. The van der Waals surface area contributed by atoms with E-state index in [2.05, 4.69) is 41.0 Å². The van der Waals surface area contributed by atoms with Gasteiger partial charge in [-0.2, -0.15) is 5.10 Å². The van der Waals surface area contributed by atoms with Crippen LogP contribution in [0.4, 0.5) is 17.3 Å². The van der Waals surface area contributed by atoms with Gasteiger partial charge >= 0.3 is 0 Å². The molecule has 0 saturated carbocycles. The SMILES string of the molecule is Cc1[nH]nc(Nc2ncnc3cc(OCC4CCN(CCOCC(=O)Nc5cccc6c5CN(C5CCC(=O)NC5=O)C6=O)CC4)c(S(=O)(=O)C(C)(C)C)cc23)c1C. The molecule has 2 saturated heterocycles. The van der Waals surface area contributed by atoms with Crippen LogP contribution in [0, 0.1) is 19.8 Å². The minimum absolute atomic E-state index is 0.0817. The average Bonchev–Trinajstić information content (AvgIpc) is 3.69. The molecule has 3 aliphatic heterocycles. The molecule has 2 fully saturated rings. The zero-order chi connectivity index (χ0) is 41.4. The van der Waals surface area contributed by atoms with Crippen molar-refractivity contribution in [3.05, 3.63) is 59.0 Å². The van der Waals surface area contributed by atoms with Gasteiger partial charge in [-0.3, -0.25) is 29.6 Å². The third-order valence-corrected chi connectivity index (χ3v) is 13.6. The molecule has 4 aromatic rings. The van der Waals surface area contributed by atoms with Crippen LogP contribution >= 0.6 is 0 Å². The maximum absolute atomic E-state index is 13.9. The van der Waals surface area contributed by atoms with Gasteiger partial charge in [0.2, 0.25) is 17.7 Å². The summed E-state index contributed by atoms with van der Waals surface area (Å²) in [6.45, 7) is 11.7. The first-order chi connectivity index (χ1) is 27.6. The Hall–Kier alpha value is -5.46. The van der Waals surface area contributed by atoms with Gasteiger partial charge in [0.05, 0.1) is 23.5 Å². The van der Waals surface area contributed by atoms with E-state index in [-0.39, 0.29) is 60.3 Å². The molecule has 7 rings (SSSR count). The van der Waals surface area contributed by atoms with Crippen molar-refractivity contribution < 1.29 is 37.1 Å². The second-order valence-electron chi connectivity index (χ2n) is 16.0. The largest absolute Gasteiger partial charge is 0.492 e. The van der Waals surface area contributed by atoms with Crippen LogP contribution in [0.15, 0.2) is 41.6 Å². The van der Waals surface area contributed by atoms with E-state index in [0.717, 1.165) is 37.2 Å². The van der Waals surface area contributed by atoms with Crippen molar-refractivity contribution in [1.29, 1.82) is 0 Å². The van der Waals surface area contributed by atoms with Crippen LogP contribution in [0.2, 0.25) is 0 Å². The number of fused-ring (bicyclic) bond motifs is 2. The van der Waals surface area contributed by atoms with Crippen LogP contribution in [-0.4, -0.2) is 112 Å². The lowest BCUT2D eigenvalue weighted by atomic mass is 9.98. The van der Waals surface area contributed by atoms with E-state index >= 15 is 0 Å². The summed E-state index contributed by atoms with van der Waals surface area (Å²) < 4.78 is 38.8. The molecule has 1 unspecified atom stereocenters. The van der Waals surface area contributed by atoms with Crippen molar-refractivity contribution in [3.63, 3.8) is 0 Å². The predicted octanol–water partition coefficient (Wildman–Crippen LogP) is 3.79. The number of benzene rings is 2. The highest BCUT2D eigenvalue weighted by molar-refractivity contribution is 7.92. The second kappa shape index (κ2) is 16.4. The van der Waals surface area contributed by atoms with Gasteiger partial charge in [-0.15, -0.1) is 0 Å². The fourth-order valence-corrected chi connectivity index (χ4v) is 8.68. The Morgan fingerprint density at radius 3 is 2.52 bits per heavy atom. The molecule has 1 atom stereocenters. The number of ether oxygens (including phenoxy) is 2. The number of aromatic amines is 1. The zero-order valence-corrected chi connectivity index (χ0v) is 34.1. The van der Waals surface area contributed by atoms with Crippen molar-refractivity contribution in [2.45, 2.75) is 82.5 Å². The molecule has 4 N–H and O–H groups in total. The molecule has 2 aromatic carbocycles. The van der Waals surface area contributed by atoms with Crippen molar-refractivity contribution in [1.82, 2.24) is 35.3 Å². The number of H-pyrrole nitrogens is 1. The number of hydrogen-bond acceptors (Lipinski definition) is 13. The highest BCUT2D eigenvalue weighted by Gasteiger charge is 2.40. The molecule has 0 radical (unpaired) electrons. The van der Waals surface area contributed by atoms with Gasteiger partial charge < -0.3 is 29.9 Å². The maximum atomic E-state index is 13.9. The minimum atomic E-state index is -3.82. The highest BCUT2D eigenvalue weighted by atomic mass is 32.2. The number of nitrogens with zero attached hydrogens (tertiary/aromatic N) is 5. The van der Waals surface area contributed by atoms with E-state index in [9.17, 15) is 27.6 Å². The van der Waals surface area contributed by atoms with Crippen molar-refractivity contribution >= 4 is 61.7 Å². The van der Waals surface area contributed by atoms with Crippen LogP contribution < -0.4 is 20.7 Å². The standard InChI is InChI=1S/C40H49N9O8S/c1-23-24(2)46-47-36(23)45-37-27-17-33(58(54,55)40(3,4)5)32(18-30(27)41-22-42-37)57-20-25-11-13-48(14-12-25)15-16-56-21-35(51)43-29-8-6-7-26-28(29)19-49(39(26)53)31-9-10-34(50)44-38(31)52/h6-8,17-18,22,25,31H,9-16,19-21H2,1-5H3,(H,43,51)(H,44,50,52)(H2,41,42,45,46,47). The quantitative estimate of drug-likeness (QED) is 0.112.